The maximum absolute atomic E-state index is 2.54. The van der Waals surface area contributed by atoms with Crippen molar-refractivity contribution in [2.45, 2.75) is 104 Å². The number of benzene rings is 6. The van der Waals surface area contributed by atoms with E-state index in [0.29, 0.717) is 38.6 Å². The fraction of sp³-hybridized carbons (Fsp3) is 0.333. The van der Waals surface area contributed by atoms with E-state index >= 15 is 0 Å². The van der Waals surface area contributed by atoms with E-state index in [2.05, 4.69) is 189 Å². The monoisotopic (exact) mass is 819 g/mol. The van der Waals surface area contributed by atoms with Crippen molar-refractivity contribution < 1.29 is 0 Å². The van der Waals surface area contributed by atoms with Crippen LogP contribution in [0.4, 0.5) is 0 Å². The molecule has 0 nitrogen and oxygen atoms in total. The Kier molecular flexibility index (Phi) is 14.6. The minimum absolute atomic E-state index is 0.327. The van der Waals surface area contributed by atoms with Crippen molar-refractivity contribution in [2.75, 3.05) is 0 Å². The molecule has 0 N–H and O–H groups in total. The summed E-state index contributed by atoms with van der Waals surface area (Å²) in [5, 5.41) is 9.00. The third-order valence-electron chi connectivity index (χ3n) is 18.4. The van der Waals surface area contributed by atoms with Crippen LogP contribution in [0.3, 0.4) is 0 Å². The summed E-state index contributed by atoms with van der Waals surface area (Å²) in [4.78, 5) is 0. The topological polar surface area (TPSA) is 0 Å². The lowest BCUT2D eigenvalue weighted by atomic mass is 8.68. The minimum atomic E-state index is 0.327. The number of hydrogen-bond donors (Lipinski definition) is 0. The van der Waals surface area contributed by atoms with Gasteiger partial charge in [0.05, 0.1) is 90.4 Å². The Labute approximate surface area is 404 Å². The molecular formula is C45H69B19. The van der Waals surface area contributed by atoms with Crippen LogP contribution in [-0.4, -0.2) is 138 Å². The van der Waals surface area contributed by atoms with Crippen LogP contribution in [-0.2, 0) is 0 Å². The molecule has 0 aliphatic rings. The van der Waals surface area contributed by atoms with E-state index < -0.39 is 0 Å². The van der Waals surface area contributed by atoms with E-state index in [0.717, 1.165) is 7.17 Å². The fourth-order valence-electron chi connectivity index (χ4n) is 13.0. The molecule has 64 heavy (non-hydrogen) atoms. The van der Waals surface area contributed by atoms with Crippen LogP contribution in [0.2, 0.25) is 0 Å². The first-order valence-electron chi connectivity index (χ1n) is 25.4. The Morgan fingerprint density at radius 3 is 1.05 bits per heavy atom. The zero-order valence-corrected chi connectivity index (χ0v) is 45.9. The Balaban J connectivity index is 2.24. The average molecular weight is 815 g/mol. The van der Waals surface area contributed by atoms with Gasteiger partial charge in [-0.3, -0.25) is 0 Å². The number of aryl methyl sites for hydroxylation is 4. The maximum atomic E-state index is 2.54. The molecule has 0 saturated carbocycles. The molecule has 0 spiro atoms. The molecule has 0 saturated heterocycles. The standard InChI is InChI=1S/C45H69B19/c1-16-17(2)23(8)31(24(9)18(16)3)36-32-25(10)19(4)21(6)27(12)34(32)37(35-28(13)22(7)20(5)26(11)33(35)36)38-39-40(41(46)42(57-47)45(38)59(49)50)44(61(63(54)55)64(56)58-48)30(15)29(14)43(39)60(51)62(52)53/h57-58H,46-56H2,1-15H3. The molecule has 6 aromatic carbocycles. The molecule has 6 rings (SSSR count). The van der Waals surface area contributed by atoms with Crippen LogP contribution >= 0.6 is 0 Å². The second-order valence-electron chi connectivity index (χ2n) is 22.2. The van der Waals surface area contributed by atoms with Gasteiger partial charge in [-0.25, -0.2) is 0 Å². The lowest BCUT2D eigenvalue weighted by molar-refractivity contribution is 1.18. The molecule has 0 radical (unpaired) electrons. The molecule has 0 amide bonds. The van der Waals surface area contributed by atoms with Crippen molar-refractivity contribution in [3.63, 3.8) is 0 Å². The highest BCUT2D eigenvalue weighted by Gasteiger charge is 2.37. The summed E-state index contributed by atoms with van der Waals surface area (Å²) >= 11 is 0. The summed E-state index contributed by atoms with van der Waals surface area (Å²) in [5.74, 6) is 0. The molecule has 0 unspecified atom stereocenters. The van der Waals surface area contributed by atoms with Crippen molar-refractivity contribution in [1.82, 2.24) is 0 Å². The summed E-state index contributed by atoms with van der Waals surface area (Å²) < 4.78 is 0. The van der Waals surface area contributed by atoms with E-state index in [9.17, 15) is 0 Å². The predicted octanol–water partition coefficient (Wildman–Crippen LogP) is -4.68. The fourth-order valence-corrected chi connectivity index (χ4v) is 13.0. The van der Waals surface area contributed by atoms with Crippen LogP contribution < -0.4 is 27.3 Å². The average Bonchev–Trinajstić information content (AvgIpc) is 3.24. The zero-order valence-electron chi connectivity index (χ0n) is 45.9. The summed E-state index contributed by atoms with van der Waals surface area (Å²) in [5.41, 5.74) is 35.4. The summed E-state index contributed by atoms with van der Waals surface area (Å²) in [6, 6.07) is 0. The van der Waals surface area contributed by atoms with Crippen LogP contribution in [0.15, 0.2) is 0 Å². The van der Waals surface area contributed by atoms with Gasteiger partial charge in [-0.15, -0.1) is 5.46 Å². The van der Waals surface area contributed by atoms with Crippen molar-refractivity contribution in [2.24, 2.45) is 0 Å². The lowest BCUT2D eigenvalue weighted by Gasteiger charge is -2.36. The van der Waals surface area contributed by atoms with Crippen molar-refractivity contribution in [3.05, 3.63) is 83.5 Å². The van der Waals surface area contributed by atoms with Crippen LogP contribution in [0.25, 0.3) is 54.6 Å². The Morgan fingerprint density at radius 2 is 0.703 bits per heavy atom. The van der Waals surface area contributed by atoms with Gasteiger partial charge in [-0.05, 0) is 231 Å². The highest BCUT2D eigenvalue weighted by atomic mass is 14.3. The summed E-state index contributed by atoms with van der Waals surface area (Å²) in [7, 11) is 29.5. The second kappa shape index (κ2) is 18.4. The van der Waals surface area contributed by atoms with E-state index in [-0.39, 0.29) is 0 Å². The second-order valence-corrected chi connectivity index (χ2v) is 22.2. The van der Waals surface area contributed by atoms with Gasteiger partial charge in [0.1, 0.15) is 21.5 Å². The van der Waals surface area contributed by atoms with Gasteiger partial charge in [0.25, 0.3) is 0 Å². The van der Waals surface area contributed by atoms with Crippen LogP contribution in [0.5, 0.6) is 0 Å². The first kappa shape index (κ1) is 50.7. The van der Waals surface area contributed by atoms with Gasteiger partial charge < -0.3 is 0 Å². The quantitative estimate of drug-likeness (QED) is 0.0966. The van der Waals surface area contributed by atoms with E-state index in [1.165, 1.54) is 140 Å². The number of fused-ring (bicyclic) bond motifs is 3. The molecule has 0 aliphatic carbocycles. The molecule has 306 valence electrons. The molecule has 0 aromatic heterocycles. The number of hydrogen-bond acceptors (Lipinski definition) is 0. The van der Waals surface area contributed by atoms with E-state index in [1.807, 2.05) is 0 Å². The van der Waals surface area contributed by atoms with Gasteiger partial charge in [0.15, 0.2) is 0 Å². The van der Waals surface area contributed by atoms with Crippen molar-refractivity contribution >= 4 is 198 Å². The normalized spacial score (nSPS) is 11.4. The van der Waals surface area contributed by atoms with Crippen molar-refractivity contribution in [3.8, 4) is 22.3 Å². The summed E-state index contributed by atoms with van der Waals surface area (Å²) in [6.45, 7) is 37.5. The van der Waals surface area contributed by atoms with Gasteiger partial charge in [0, 0.05) is 26.2 Å². The highest BCUT2D eigenvalue weighted by molar-refractivity contribution is 7.87. The molecule has 19 heteroatoms. The Morgan fingerprint density at radius 1 is 0.344 bits per heavy atom. The van der Waals surface area contributed by atoms with Gasteiger partial charge in [-0.1, -0.05) is 33.0 Å². The molecule has 0 heterocycles. The maximum Gasteiger partial charge on any atom is 0.139 e. The molecule has 0 atom stereocenters. The first-order chi connectivity index (χ1) is 29.8. The zero-order chi connectivity index (χ0) is 48.2. The van der Waals surface area contributed by atoms with Crippen molar-refractivity contribution in [1.29, 1.82) is 0 Å². The van der Waals surface area contributed by atoms with Gasteiger partial charge in [-0.2, -0.15) is 0 Å². The highest BCUT2D eigenvalue weighted by Crippen LogP contribution is 2.53. The molecule has 0 bridgehead atoms. The van der Waals surface area contributed by atoms with E-state index in [4.69, 9.17) is 0 Å². The van der Waals surface area contributed by atoms with Gasteiger partial charge in [0.2, 0.25) is 0 Å². The summed E-state index contributed by atoms with van der Waals surface area (Å²) in [6.07, 6.45) is 1.57. The molecule has 0 fully saturated rings. The third-order valence-corrected chi connectivity index (χ3v) is 18.4. The Hall–Kier alpha value is -2.67. The van der Waals surface area contributed by atoms with Gasteiger partial charge >= 0.3 is 0 Å². The lowest BCUT2D eigenvalue weighted by Crippen LogP contribution is -2.64. The third kappa shape index (κ3) is 7.39. The van der Waals surface area contributed by atoms with Crippen LogP contribution in [0.1, 0.15) is 83.5 Å². The number of rotatable bonds is 10. The minimum Gasteiger partial charge on any atom is -0.105 e. The Bertz CT molecular complexity index is 2840. The molecular weight excluding hydrogens is 746 g/mol. The molecule has 6 aromatic rings. The predicted molar refractivity (Wildman–Crippen MR) is 342 cm³/mol. The smallest absolute Gasteiger partial charge is 0.105 e. The van der Waals surface area contributed by atoms with Crippen LogP contribution in [0, 0.1) is 104 Å². The first-order valence-corrected chi connectivity index (χ1v) is 25.4. The van der Waals surface area contributed by atoms with E-state index in [1.54, 1.807) is 32.6 Å². The molecule has 0 aliphatic heterocycles. The largest absolute Gasteiger partial charge is 0.139 e. The SMILES string of the molecule is BBB(B)B(B(B)B)c1c(C)c(C)c(B(B)B(B)B)c2c(-c3c4c(C)c(C)c(C)c(C)c4c(-c4c(C)c(C)c(C)c(C)c4C)c4c(C)c(C)c(C)c(C)c34)c(B(B)B)c(BB)c(B)c12.